The molecule has 0 saturated carbocycles. The number of aliphatic hydroxyl groups is 1. The van der Waals surface area contributed by atoms with Crippen LogP contribution in [-0.2, 0) is 25.7 Å². The number of likely N-dealkylation sites (tertiary alicyclic amines) is 1. The molecule has 2 aromatic carbocycles. The summed E-state index contributed by atoms with van der Waals surface area (Å²) in [5.41, 5.74) is 1.55. The highest BCUT2D eigenvalue weighted by atomic mass is 16.5. The number of fused-ring (bicyclic) bond motifs is 1. The number of anilines is 1. The Morgan fingerprint density at radius 1 is 1.14 bits per heavy atom. The molecule has 3 saturated heterocycles. The molecule has 2 unspecified atom stereocenters. The van der Waals surface area contributed by atoms with E-state index in [1.807, 2.05) is 69.3 Å². The summed E-state index contributed by atoms with van der Waals surface area (Å²) in [4.78, 5) is 42.9. The van der Waals surface area contributed by atoms with Crippen molar-refractivity contribution in [2.75, 3.05) is 11.9 Å². The Morgan fingerprint density at radius 3 is 2.57 bits per heavy atom. The van der Waals surface area contributed by atoms with Crippen LogP contribution in [0.5, 0.6) is 0 Å². The molecule has 0 aliphatic carbocycles. The van der Waals surface area contributed by atoms with Crippen molar-refractivity contribution in [3.8, 4) is 0 Å². The number of hydrogen-bond donors (Lipinski definition) is 3. The van der Waals surface area contributed by atoms with Crippen LogP contribution in [0.3, 0.4) is 0 Å². The number of benzene rings is 2. The number of nitrogens with one attached hydrogen (secondary N) is 2. The molecule has 196 valence electrons. The highest BCUT2D eigenvalue weighted by molar-refractivity contribution is 6.04. The first-order chi connectivity index (χ1) is 17.6. The number of aliphatic hydroxyl groups excluding tert-OH is 1. The molecule has 0 aromatic heterocycles. The van der Waals surface area contributed by atoms with E-state index in [0.29, 0.717) is 25.1 Å². The number of carbonyl (C=O) groups excluding carboxylic acids is 3. The maximum Gasteiger partial charge on any atom is 0.250 e. The summed E-state index contributed by atoms with van der Waals surface area (Å²) in [6.45, 7) is 7.49. The standard InChI is InChI=1S/C29H35N3O5/c1-17-10-11-18(2)21(14-17)31-26(35)24-29-13-12-28(4,37-29)22(23(29)27(36)32(24)19(3)16-33)25(34)30-15-20-8-6-5-7-9-20/h5-11,14,19,22-24,33H,12-13,15-16H2,1-4H3,(H,30,34)(H,31,35)/t19-,22+,23+,24?,28-,29?/m1/s1. The van der Waals surface area contributed by atoms with E-state index in [2.05, 4.69) is 10.6 Å². The van der Waals surface area contributed by atoms with Crippen LogP contribution in [0.15, 0.2) is 48.5 Å². The molecular formula is C29H35N3O5. The summed E-state index contributed by atoms with van der Waals surface area (Å²) in [7, 11) is 0. The van der Waals surface area contributed by atoms with E-state index < -0.39 is 35.1 Å². The molecule has 8 heteroatoms. The number of amides is 3. The fourth-order valence-electron chi connectivity index (χ4n) is 6.59. The first-order valence-electron chi connectivity index (χ1n) is 12.9. The van der Waals surface area contributed by atoms with Crippen LogP contribution in [0, 0.1) is 25.7 Å². The first-order valence-corrected chi connectivity index (χ1v) is 12.9. The van der Waals surface area contributed by atoms with Crippen LogP contribution in [-0.4, -0.2) is 57.6 Å². The van der Waals surface area contributed by atoms with Gasteiger partial charge in [-0.2, -0.15) is 0 Å². The lowest BCUT2D eigenvalue weighted by Gasteiger charge is -2.35. The molecule has 3 fully saturated rings. The zero-order valence-electron chi connectivity index (χ0n) is 21.8. The van der Waals surface area contributed by atoms with E-state index in [-0.39, 0.29) is 24.3 Å². The Kier molecular flexibility index (Phi) is 6.36. The number of ether oxygens (including phenoxy) is 1. The van der Waals surface area contributed by atoms with Crippen LogP contribution < -0.4 is 10.6 Å². The van der Waals surface area contributed by atoms with Gasteiger partial charge in [0.05, 0.1) is 30.1 Å². The maximum atomic E-state index is 14.0. The Labute approximate surface area is 217 Å². The van der Waals surface area contributed by atoms with Gasteiger partial charge < -0.3 is 25.4 Å². The molecule has 8 nitrogen and oxygen atoms in total. The van der Waals surface area contributed by atoms with Gasteiger partial charge in [-0.05, 0) is 63.3 Å². The molecule has 3 aliphatic heterocycles. The Morgan fingerprint density at radius 2 is 1.86 bits per heavy atom. The topological polar surface area (TPSA) is 108 Å². The van der Waals surface area contributed by atoms with E-state index in [4.69, 9.17) is 4.74 Å². The van der Waals surface area contributed by atoms with E-state index >= 15 is 0 Å². The average molecular weight is 506 g/mol. The Bertz CT molecular complexity index is 1230. The third kappa shape index (κ3) is 4.03. The lowest BCUT2D eigenvalue weighted by molar-refractivity contribution is -0.147. The van der Waals surface area contributed by atoms with Crippen LogP contribution in [0.4, 0.5) is 5.69 Å². The molecule has 6 atom stereocenters. The molecule has 5 rings (SSSR count). The van der Waals surface area contributed by atoms with Crippen LogP contribution in [0.1, 0.15) is 43.4 Å². The molecule has 2 bridgehead atoms. The monoisotopic (exact) mass is 505 g/mol. The summed E-state index contributed by atoms with van der Waals surface area (Å²) in [6.07, 6.45) is 1.05. The quantitative estimate of drug-likeness (QED) is 0.536. The Hall–Kier alpha value is -3.23. The molecule has 1 spiro atoms. The van der Waals surface area contributed by atoms with Crippen LogP contribution in [0.25, 0.3) is 0 Å². The predicted octanol–water partition coefficient (Wildman–Crippen LogP) is 2.70. The smallest absolute Gasteiger partial charge is 0.250 e. The third-order valence-electron chi connectivity index (χ3n) is 8.44. The van der Waals surface area contributed by atoms with Crippen molar-refractivity contribution in [2.45, 2.75) is 70.4 Å². The summed E-state index contributed by atoms with van der Waals surface area (Å²) in [5.74, 6) is -2.46. The summed E-state index contributed by atoms with van der Waals surface area (Å²) in [5, 5.41) is 16.0. The SMILES string of the molecule is Cc1ccc(C)c(NC(=O)C2N([C@H](C)CO)C(=O)[C@@H]3[C@@H](C(=O)NCc4ccccc4)[C@@]4(C)CCC23O4)c1. The van der Waals surface area contributed by atoms with Crippen molar-refractivity contribution in [3.63, 3.8) is 0 Å². The van der Waals surface area contributed by atoms with Crippen molar-refractivity contribution < 1.29 is 24.2 Å². The van der Waals surface area contributed by atoms with Gasteiger partial charge in [-0.25, -0.2) is 0 Å². The minimum absolute atomic E-state index is 0.251. The van der Waals surface area contributed by atoms with Gasteiger partial charge in [0.25, 0.3) is 0 Å². The van der Waals surface area contributed by atoms with Crippen molar-refractivity contribution in [1.82, 2.24) is 10.2 Å². The van der Waals surface area contributed by atoms with Crippen molar-refractivity contribution in [1.29, 1.82) is 0 Å². The van der Waals surface area contributed by atoms with Gasteiger partial charge in [0, 0.05) is 12.2 Å². The zero-order valence-corrected chi connectivity index (χ0v) is 21.8. The molecule has 37 heavy (non-hydrogen) atoms. The van der Waals surface area contributed by atoms with Crippen LogP contribution >= 0.6 is 0 Å². The zero-order chi connectivity index (χ0) is 26.5. The average Bonchev–Trinajstić information content (AvgIpc) is 3.45. The van der Waals surface area contributed by atoms with Gasteiger partial charge in [0.15, 0.2) is 0 Å². The molecule has 0 radical (unpaired) electrons. The number of carbonyl (C=O) groups is 3. The minimum atomic E-state index is -1.13. The molecule has 3 aliphatic rings. The molecular weight excluding hydrogens is 470 g/mol. The second-order valence-corrected chi connectivity index (χ2v) is 11.0. The largest absolute Gasteiger partial charge is 0.394 e. The second-order valence-electron chi connectivity index (χ2n) is 11.0. The van der Waals surface area contributed by atoms with E-state index in [1.54, 1.807) is 6.92 Å². The highest BCUT2D eigenvalue weighted by Crippen LogP contribution is 2.63. The Balaban J connectivity index is 1.48. The summed E-state index contributed by atoms with van der Waals surface area (Å²) >= 11 is 0. The number of rotatable bonds is 7. The number of aryl methyl sites for hydroxylation is 2. The van der Waals surface area contributed by atoms with Crippen molar-refractivity contribution >= 4 is 23.4 Å². The second kappa shape index (κ2) is 9.26. The lowest BCUT2D eigenvalue weighted by atomic mass is 9.66. The minimum Gasteiger partial charge on any atom is -0.394 e. The number of nitrogens with zero attached hydrogens (tertiary/aromatic N) is 1. The van der Waals surface area contributed by atoms with Gasteiger partial charge in [-0.15, -0.1) is 0 Å². The van der Waals surface area contributed by atoms with Gasteiger partial charge >= 0.3 is 0 Å². The third-order valence-corrected chi connectivity index (χ3v) is 8.44. The summed E-state index contributed by atoms with van der Waals surface area (Å²) in [6, 6.07) is 13.8. The highest BCUT2D eigenvalue weighted by Gasteiger charge is 2.78. The maximum absolute atomic E-state index is 14.0. The van der Waals surface area contributed by atoms with Gasteiger partial charge in [-0.3, -0.25) is 14.4 Å². The normalized spacial score (nSPS) is 30.8. The van der Waals surface area contributed by atoms with E-state index in [1.165, 1.54) is 4.90 Å². The molecule has 3 N–H and O–H groups in total. The van der Waals surface area contributed by atoms with Crippen LogP contribution in [0.2, 0.25) is 0 Å². The van der Waals surface area contributed by atoms with Crippen molar-refractivity contribution in [3.05, 3.63) is 65.2 Å². The van der Waals surface area contributed by atoms with Crippen molar-refractivity contribution in [2.24, 2.45) is 11.8 Å². The van der Waals surface area contributed by atoms with E-state index in [0.717, 1.165) is 16.7 Å². The summed E-state index contributed by atoms with van der Waals surface area (Å²) < 4.78 is 6.61. The molecule has 2 aromatic rings. The predicted molar refractivity (Wildman–Crippen MR) is 138 cm³/mol. The van der Waals surface area contributed by atoms with Gasteiger partial charge in [0.2, 0.25) is 17.7 Å². The van der Waals surface area contributed by atoms with Gasteiger partial charge in [-0.1, -0.05) is 42.5 Å². The fraction of sp³-hybridized carbons (Fsp3) is 0.483. The molecule has 3 amide bonds. The lowest BCUT2D eigenvalue weighted by Crippen LogP contribution is -2.55. The van der Waals surface area contributed by atoms with Gasteiger partial charge in [0.1, 0.15) is 11.6 Å². The number of hydrogen-bond acceptors (Lipinski definition) is 5. The fourth-order valence-corrected chi connectivity index (χ4v) is 6.59. The first kappa shape index (κ1) is 25.4. The van der Waals surface area contributed by atoms with E-state index in [9.17, 15) is 19.5 Å². The molecule has 3 heterocycles.